The third-order valence-corrected chi connectivity index (χ3v) is 4.55. The second-order valence-corrected chi connectivity index (χ2v) is 7.33. The Morgan fingerprint density at radius 2 is 1.38 bits per heavy atom. The lowest BCUT2D eigenvalue weighted by molar-refractivity contribution is -0.142. The van der Waals surface area contributed by atoms with Crippen molar-refractivity contribution in [3.05, 3.63) is 29.8 Å². The summed E-state index contributed by atoms with van der Waals surface area (Å²) in [7, 11) is 0. The molecule has 5 amide bonds. The lowest BCUT2D eigenvalue weighted by Gasteiger charge is -2.24. The number of primary amides is 2. The number of carboxylic acid groups (broad SMARTS) is 1. The van der Waals surface area contributed by atoms with Gasteiger partial charge in [0.1, 0.15) is 23.9 Å². The molecule has 14 nitrogen and oxygen atoms in total. The fourth-order valence-corrected chi connectivity index (χ4v) is 2.83. The average molecular weight is 480 g/mol. The van der Waals surface area contributed by atoms with Gasteiger partial charge in [-0.15, -0.1) is 0 Å². The van der Waals surface area contributed by atoms with Crippen LogP contribution in [0.4, 0.5) is 0 Å². The van der Waals surface area contributed by atoms with E-state index in [1.807, 2.05) is 0 Å². The van der Waals surface area contributed by atoms with Crippen molar-refractivity contribution in [2.45, 2.75) is 43.8 Å². The Kier molecular flexibility index (Phi) is 10.9. The zero-order chi connectivity index (χ0) is 25.8. The van der Waals surface area contributed by atoms with Gasteiger partial charge in [-0.1, -0.05) is 12.1 Å². The van der Waals surface area contributed by atoms with Crippen LogP contribution in [0.5, 0.6) is 5.75 Å². The molecule has 0 spiro atoms. The Balaban J connectivity index is 3.02. The molecule has 34 heavy (non-hydrogen) atoms. The molecule has 0 bridgehead atoms. The van der Waals surface area contributed by atoms with Gasteiger partial charge < -0.3 is 43.4 Å². The normalized spacial score (nSPS) is 13.1. The summed E-state index contributed by atoms with van der Waals surface area (Å²) in [6.07, 6.45) is -1.36. The molecule has 1 rings (SSSR count). The van der Waals surface area contributed by atoms with Crippen molar-refractivity contribution >= 4 is 35.5 Å². The number of nitrogens with one attached hydrogen (secondary N) is 3. The molecule has 3 unspecified atom stereocenters. The van der Waals surface area contributed by atoms with Crippen molar-refractivity contribution in [3.8, 4) is 5.75 Å². The molecule has 1 aromatic carbocycles. The van der Waals surface area contributed by atoms with Crippen molar-refractivity contribution < 1.29 is 39.0 Å². The van der Waals surface area contributed by atoms with Crippen molar-refractivity contribution in [2.24, 2.45) is 17.2 Å². The highest BCUT2D eigenvalue weighted by molar-refractivity contribution is 5.95. The monoisotopic (exact) mass is 480 g/mol. The van der Waals surface area contributed by atoms with Gasteiger partial charge in [-0.25, -0.2) is 4.79 Å². The molecule has 0 aliphatic carbocycles. The fourth-order valence-electron chi connectivity index (χ4n) is 2.83. The van der Waals surface area contributed by atoms with Gasteiger partial charge in [0.15, 0.2) is 0 Å². The fraction of sp³-hybridized carbons (Fsp3) is 0.400. The number of benzene rings is 1. The summed E-state index contributed by atoms with van der Waals surface area (Å²) in [5.74, 6) is -5.78. The molecule has 1 aromatic rings. The van der Waals surface area contributed by atoms with E-state index >= 15 is 0 Å². The maximum atomic E-state index is 12.8. The number of carboxylic acids is 1. The van der Waals surface area contributed by atoms with E-state index in [-0.39, 0.29) is 25.0 Å². The quantitative estimate of drug-likeness (QED) is 0.132. The standard InChI is InChI=1S/C20H28N6O8/c21-9-17(30)24-13(8-16(23)29)19(32)25-12(5-6-15(22)28)18(31)26-14(20(33)34)7-10-1-3-11(27)4-2-10/h1-4,12-14,27H,5-9,21H2,(H2,22,28)(H2,23,29)(H,24,30)(H,25,32)(H,26,31)(H,33,34). The van der Waals surface area contributed by atoms with E-state index in [9.17, 15) is 39.0 Å². The zero-order valence-electron chi connectivity index (χ0n) is 18.2. The van der Waals surface area contributed by atoms with Gasteiger partial charge in [0.25, 0.3) is 0 Å². The lowest BCUT2D eigenvalue weighted by atomic mass is 10.0. The summed E-state index contributed by atoms with van der Waals surface area (Å²) < 4.78 is 0. The number of phenols is 1. The Hall–Kier alpha value is -4.20. The highest BCUT2D eigenvalue weighted by atomic mass is 16.4. The van der Waals surface area contributed by atoms with Gasteiger partial charge in [-0.05, 0) is 24.1 Å². The minimum absolute atomic E-state index is 0.0267. The molecule has 0 fully saturated rings. The molecule has 0 saturated carbocycles. The number of phenolic OH excluding ortho intramolecular Hbond substituents is 1. The van der Waals surface area contributed by atoms with Gasteiger partial charge in [-0.2, -0.15) is 0 Å². The van der Waals surface area contributed by atoms with E-state index < -0.39 is 66.6 Å². The van der Waals surface area contributed by atoms with Crippen LogP contribution < -0.4 is 33.2 Å². The van der Waals surface area contributed by atoms with Gasteiger partial charge in [0.2, 0.25) is 29.5 Å². The van der Waals surface area contributed by atoms with E-state index in [0.717, 1.165) is 0 Å². The largest absolute Gasteiger partial charge is 0.508 e. The number of aromatic hydroxyl groups is 1. The van der Waals surface area contributed by atoms with Crippen molar-refractivity contribution in [2.75, 3.05) is 6.54 Å². The van der Waals surface area contributed by atoms with Crippen molar-refractivity contribution in [1.29, 1.82) is 0 Å². The molecule has 11 N–H and O–H groups in total. The summed E-state index contributed by atoms with van der Waals surface area (Å²) in [6, 6.07) is 1.34. The lowest BCUT2D eigenvalue weighted by Crippen LogP contribution is -2.57. The summed E-state index contributed by atoms with van der Waals surface area (Å²) in [6.45, 7) is -0.480. The summed E-state index contributed by atoms with van der Waals surface area (Å²) in [5, 5.41) is 25.6. The Bertz CT molecular complexity index is 920. The maximum absolute atomic E-state index is 12.8. The number of rotatable bonds is 14. The molecule has 3 atom stereocenters. The first-order valence-electron chi connectivity index (χ1n) is 10.1. The van der Waals surface area contributed by atoms with E-state index in [1.165, 1.54) is 24.3 Å². The van der Waals surface area contributed by atoms with E-state index in [1.54, 1.807) is 0 Å². The van der Waals surface area contributed by atoms with Crippen LogP contribution in [0.25, 0.3) is 0 Å². The first kappa shape index (κ1) is 27.8. The second kappa shape index (κ2) is 13.4. The summed E-state index contributed by atoms with van der Waals surface area (Å²) >= 11 is 0. The molecule has 0 heterocycles. The molecule has 0 saturated heterocycles. The molecule has 186 valence electrons. The number of aliphatic carboxylic acids is 1. The van der Waals surface area contributed by atoms with Crippen LogP contribution >= 0.6 is 0 Å². The predicted octanol–water partition coefficient (Wildman–Crippen LogP) is -3.43. The van der Waals surface area contributed by atoms with Crippen LogP contribution in [0.1, 0.15) is 24.8 Å². The maximum Gasteiger partial charge on any atom is 0.326 e. The van der Waals surface area contributed by atoms with Crippen LogP contribution in [0.2, 0.25) is 0 Å². The van der Waals surface area contributed by atoms with E-state index in [0.29, 0.717) is 5.56 Å². The molecular formula is C20H28N6O8. The highest BCUT2D eigenvalue weighted by Crippen LogP contribution is 2.12. The zero-order valence-corrected chi connectivity index (χ0v) is 18.2. The van der Waals surface area contributed by atoms with Crippen LogP contribution in [0.15, 0.2) is 24.3 Å². The van der Waals surface area contributed by atoms with Gasteiger partial charge in [0.05, 0.1) is 13.0 Å². The van der Waals surface area contributed by atoms with E-state index in [2.05, 4.69) is 16.0 Å². The van der Waals surface area contributed by atoms with Crippen LogP contribution in [0, 0.1) is 0 Å². The minimum atomic E-state index is -1.45. The van der Waals surface area contributed by atoms with Crippen molar-refractivity contribution in [3.63, 3.8) is 0 Å². The third-order valence-electron chi connectivity index (χ3n) is 4.55. The van der Waals surface area contributed by atoms with Gasteiger partial charge >= 0.3 is 5.97 Å². The SMILES string of the molecule is NCC(=O)NC(CC(N)=O)C(=O)NC(CCC(N)=O)C(=O)NC(Cc1ccc(O)cc1)C(=O)O. The molecule has 0 aliphatic rings. The van der Waals surface area contributed by atoms with Crippen LogP contribution in [0.3, 0.4) is 0 Å². The van der Waals surface area contributed by atoms with Gasteiger partial charge in [-0.3, -0.25) is 24.0 Å². The molecule has 14 heteroatoms. The minimum Gasteiger partial charge on any atom is -0.508 e. The number of hydrogen-bond acceptors (Lipinski definition) is 8. The summed E-state index contributed by atoms with van der Waals surface area (Å²) in [5.41, 5.74) is 15.9. The highest BCUT2D eigenvalue weighted by Gasteiger charge is 2.30. The third kappa shape index (κ3) is 9.95. The Morgan fingerprint density at radius 1 is 0.824 bits per heavy atom. The second-order valence-electron chi connectivity index (χ2n) is 7.33. The number of amides is 5. The van der Waals surface area contributed by atoms with Crippen LogP contribution in [-0.2, 0) is 35.2 Å². The molecule has 0 aliphatic heterocycles. The van der Waals surface area contributed by atoms with Gasteiger partial charge in [0, 0.05) is 12.8 Å². The summed E-state index contributed by atoms with van der Waals surface area (Å²) in [4.78, 5) is 71.1. The molecular weight excluding hydrogens is 452 g/mol. The average Bonchev–Trinajstić information content (AvgIpc) is 2.76. The first-order valence-corrected chi connectivity index (χ1v) is 10.1. The smallest absolute Gasteiger partial charge is 0.326 e. The first-order chi connectivity index (χ1) is 15.9. The van der Waals surface area contributed by atoms with Crippen molar-refractivity contribution in [1.82, 2.24) is 16.0 Å². The predicted molar refractivity (Wildman–Crippen MR) is 117 cm³/mol. The molecule has 0 aromatic heterocycles. The Labute approximate surface area is 194 Å². The van der Waals surface area contributed by atoms with Crippen LogP contribution in [-0.4, -0.2) is 70.4 Å². The number of carbonyl (C=O) groups is 6. The van der Waals surface area contributed by atoms with E-state index in [4.69, 9.17) is 17.2 Å². The number of nitrogens with two attached hydrogens (primary N) is 3. The Morgan fingerprint density at radius 3 is 1.88 bits per heavy atom. The molecule has 0 radical (unpaired) electrons. The number of carbonyl (C=O) groups excluding carboxylic acids is 5. The number of hydrogen-bond donors (Lipinski definition) is 8. The topological polar surface area (TPSA) is 257 Å².